The largest absolute Gasteiger partial charge is 0.464 e. The first-order valence-corrected chi connectivity index (χ1v) is 4.01. The molecule has 0 saturated carbocycles. The molecule has 0 fully saturated rings. The molecule has 0 unspecified atom stereocenters. The second kappa shape index (κ2) is 4.29. The molecule has 1 rings (SSSR count). The molecule has 1 aromatic rings. The molecule has 0 radical (unpaired) electrons. The van der Waals surface area contributed by atoms with Crippen molar-refractivity contribution in [3.8, 4) is 0 Å². The molecule has 0 aromatic carbocycles. The highest BCUT2D eigenvalue weighted by atomic mass is 19.3. The van der Waals surface area contributed by atoms with Gasteiger partial charge in [0.25, 0.3) is 6.43 Å². The molecule has 0 spiro atoms. The van der Waals surface area contributed by atoms with E-state index in [4.69, 9.17) is 0 Å². The monoisotopic (exact) mass is 219 g/mol. The molecule has 6 heteroatoms. The Balaban J connectivity index is 3.25. The molecular weight excluding hydrogens is 211 g/mol. The van der Waals surface area contributed by atoms with Crippen molar-refractivity contribution in [1.82, 2.24) is 4.98 Å². The highest BCUT2D eigenvalue weighted by Gasteiger charge is 2.20. The molecule has 3 nitrogen and oxygen atoms in total. The minimum absolute atomic E-state index is 0.217. The van der Waals surface area contributed by atoms with E-state index in [2.05, 4.69) is 9.72 Å². The van der Waals surface area contributed by atoms with Gasteiger partial charge in [0, 0.05) is 6.07 Å². The van der Waals surface area contributed by atoms with Gasteiger partial charge in [0.2, 0.25) is 0 Å². The number of carbonyl (C=O) groups is 1. The van der Waals surface area contributed by atoms with E-state index in [1.165, 1.54) is 6.92 Å². The maximum absolute atomic E-state index is 13.1. The van der Waals surface area contributed by atoms with Crippen LogP contribution in [0.3, 0.4) is 0 Å². The van der Waals surface area contributed by atoms with Gasteiger partial charge >= 0.3 is 5.97 Å². The lowest BCUT2D eigenvalue weighted by atomic mass is 10.2. The zero-order chi connectivity index (χ0) is 11.6. The molecule has 1 aromatic heterocycles. The Morgan fingerprint density at radius 2 is 2.13 bits per heavy atom. The molecule has 0 N–H and O–H groups in total. The highest BCUT2D eigenvalue weighted by Crippen LogP contribution is 2.24. The Morgan fingerprint density at radius 3 is 2.53 bits per heavy atom. The number of nitrogens with zero attached hydrogens (tertiary/aromatic N) is 1. The maximum Gasteiger partial charge on any atom is 0.356 e. The van der Waals surface area contributed by atoms with E-state index in [0.29, 0.717) is 6.07 Å². The van der Waals surface area contributed by atoms with Crippen molar-refractivity contribution in [2.24, 2.45) is 0 Å². The molecule has 82 valence electrons. The molecular formula is C9H8F3NO2. The lowest BCUT2D eigenvalue weighted by Gasteiger charge is -2.07. The van der Waals surface area contributed by atoms with Crippen LogP contribution in [-0.2, 0) is 4.74 Å². The smallest absolute Gasteiger partial charge is 0.356 e. The number of pyridine rings is 1. The van der Waals surface area contributed by atoms with Gasteiger partial charge in [-0.2, -0.15) is 0 Å². The van der Waals surface area contributed by atoms with E-state index in [1.54, 1.807) is 0 Å². The topological polar surface area (TPSA) is 39.2 Å². The summed E-state index contributed by atoms with van der Waals surface area (Å²) < 4.78 is 42.0. The Labute approximate surface area is 83.9 Å². The van der Waals surface area contributed by atoms with Gasteiger partial charge in [-0.05, 0) is 6.92 Å². The standard InChI is InChI=1S/C9H8F3NO2/c1-4-7(8(11)12)5(10)3-6(13-4)9(14)15-2/h3,8H,1-2H3. The SMILES string of the molecule is COC(=O)c1cc(F)c(C(F)F)c(C)n1. The van der Waals surface area contributed by atoms with Crippen LogP contribution >= 0.6 is 0 Å². The fraction of sp³-hybridized carbons (Fsp3) is 0.333. The summed E-state index contributed by atoms with van der Waals surface area (Å²) in [4.78, 5) is 14.5. The van der Waals surface area contributed by atoms with Crippen molar-refractivity contribution in [2.45, 2.75) is 13.3 Å². The number of esters is 1. The van der Waals surface area contributed by atoms with Crippen LogP contribution in [0.4, 0.5) is 13.2 Å². The number of methoxy groups -OCH3 is 1. The molecule has 0 saturated heterocycles. The van der Waals surface area contributed by atoms with Gasteiger partial charge in [-0.25, -0.2) is 22.9 Å². The Kier molecular flexibility index (Phi) is 3.28. The number of alkyl halides is 2. The van der Waals surface area contributed by atoms with Crippen molar-refractivity contribution >= 4 is 5.97 Å². The van der Waals surface area contributed by atoms with Crippen LogP contribution in [-0.4, -0.2) is 18.1 Å². The summed E-state index contributed by atoms with van der Waals surface area (Å²) in [6.07, 6.45) is -2.95. The van der Waals surface area contributed by atoms with Crippen LogP contribution in [0, 0.1) is 12.7 Å². The van der Waals surface area contributed by atoms with E-state index < -0.39 is 23.8 Å². The first-order valence-electron chi connectivity index (χ1n) is 4.01. The average molecular weight is 219 g/mol. The van der Waals surface area contributed by atoms with E-state index in [-0.39, 0.29) is 11.4 Å². The Morgan fingerprint density at radius 1 is 1.53 bits per heavy atom. The number of hydrogen-bond acceptors (Lipinski definition) is 3. The molecule has 0 aliphatic rings. The summed E-state index contributed by atoms with van der Waals surface area (Å²) in [7, 11) is 1.10. The van der Waals surface area contributed by atoms with Gasteiger partial charge in [-0.3, -0.25) is 0 Å². The molecule has 0 amide bonds. The average Bonchev–Trinajstić information content (AvgIpc) is 2.14. The molecule has 0 bridgehead atoms. The summed E-state index contributed by atoms with van der Waals surface area (Å²) in [5.41, 5.74) is -1.33. The fourth-order valence-corrected chi connectivity index (χ4v) is 1.12. The van der Waals surface area contributed by atoms with Crippen molar-refractivity contribution in [3.63, 3.8) is 0 Å². The maximum atomic E-state index is 13.1. The van der Waals surface area contributed by atoms with Gasteiger partial charge < -0.3 is 4.74 Å². The zero-order valence-electron chi connectivity index (χ0n) is 8.05. The first kappa shape index (κ1) is 11.5. The quantitative estimate of drug-likeness (QED) is 0.716. The van der Waals surface area contributed by atoms with Gasteiger partial charge in [-0.1, -0.05) is 0 Å². The van der Waals surface area contributed by atoms with Gasteiger partial charge in [-0.15, -0.1) is 0 Å². The molecule has 0 aliphatic heterocycles. The van der Waals surface area contributed by atoms with Crippen LogP contribution in [0.5, 0.6) is 0 Å². The lowest BCUT2D eigenvalue weighted by molar-refractivity contribution is 0.0592. The van der Waals surface area contributed by atoms with Crippen LogP contribution in [0.25, 0.3) is 0 Å². The fourth-order valence-electron chi connectivity index (χ4n) is 1.12. The summed E-state index contributed by atoms with van der Waals surface area (Å²) in [6, 6.07) is 0.639. The Hall–Kier alpha value is -1.59. The van der Waals surface area contributed by atoms with E-state index in [9.17, 15) is 18.0 Å². The van der Waals surface area contributed by atoms with Crippen LogP contribution in [0.1, 0.15) is 28.2 Å². The third-order valence-corrected chi connectivity index (χ3v) is 1.81. The summed E-state index contributed by atoms with van der Waals surface area (Å²) in [5.74, 6) is -2.02. The molecule has 0 aliphatic carbocycles. The van der Waals surface area contributed by atoms with Gasteiger partial charge in [0.05, 0.1) is 18.4 Å². The number of aromatic nitrogens is 1. The van der Waals surface area contributed by atoms with Gasteiger partial charge in [0.1, 0.15) is 5.82 Å². The van der Waals surface area contributed by atoms with Crippen LogP contribution in [0.15, 0.2) is 6.07 Å². The number of rotatable bonds is 2. The molecule has 1 heterocycles. The van der Waals surface area contributed by atoms with Crippen molar-refractivity contribution in [3.05, 3.63) is 28.8 Å². The summed E-state index contributed by atoms with van der Waals surface area (Å²) in [5, 5.41) is 0. The highest BCUT2D eigenvalue weighted by molar-refractivity contribution is 5.87. The number of aryl methyl sites for hydroxylation is 1. The zero-order valence-corrected chi connectivity index (χ0v) is 8.05. The van der Waals surface area contributed by atoms with Crippen molar-refractivity contribution in [2.75, 3.05) is 7.11 Å². The second-order valence-corrected chi connectivity index (χ2v) is 2.78. The number of ether oxygens (including phenoxy) is 1. The predicted molar refractivity (Wildman–Crippen MR) is 45.2 cm³/mol. The number of halogens is 3. The minimum Gasteiger partial charge on any atom is -0.464 e. The third-order valence-electron chi connectivity index (χ3n) is 1.81. The summed E-state index contributed by atoms with van der Waals surface area (Å²) >= 11 is 0. The van der Waals surface area contributed by atoms with Crippen molar-refractivity contribution in [1.29, 1.82) is 0 Å². The van der Waals surface area contributed by atoms with E-state index in [0.717, 1.165) is 7.11 Å². The van der Waals surface area contributed by atoms with E-state index in [1.807, 2.05) is 0 Å². The van der Waals surface area contributed by atoms with Gasteiger partial charge in [0.15, 0.2) is 5.69 Å². The number of hydrogen-bond donors (Lipinski definition) is 0. The molecule has 15 heavy (non-hydrogen) atoms. The normalized spacial score (nSPS) is 10.5. The Bertz CT molecular complexity index is 370. The van der Waals surface area contributed by atoms with Crippen molar-refractivity contribution < 1.29 is 22.7 Å². The summed E-state index contributed by atoms with van der Waals surface area (Å²) in [6.45, 7) is 1.21. The number of carbonyl (C=O) groups excluding carboxylic acids is 1. The first-order chi connectivity index (χ1) is 6.97. The third kappa shape index (κ3) is 2.26. The molecule has 0 atom stereocenters. The van der Waals surface area contributed by atoms with E-state index >= 15 is 0 Å². The van der Waals surface area contributed by atoms with Crippen LogP contribution < -0.4 is 0 Å². The predicted octanol–water partition coefficient (Wildman–Crippen LogP) is 2.25. The lowest BCUT2D eigenvalue weighted by Crippen LogP contribution is -2.09. The second-order valence-electron chi connectivity index (χ2n) is 2.78. The van der Waals surface area contributed by atoms with Crippen LogP contribution in [0.2, 0.25) is 0 Å². The minimum atomic E-state index is -2.95.